The molecule has 9 nitrogen and oxygen atoms in total. The maximum Gasteiger partial charge on any atom is 0.213 e. The first-order chi connectivity index (χ1) is 14.1. The number of halogens is 1. The van der Waals surface area contributed by atoms with E-state index in [1.165, 1.54) is 0 Å². The third-order valence-corrected chi connectivity index (χ3v) is 3.93. The maximum absolute atomic E-state index is 9.61. The molecule has 1 aromatic heterocycles. The molecule has 1 unspecified atom stereocenters. The molecule has 0 aliphatic heterocycles. The van der Waals surface area contributed by atoms with Gasteiger partial charge in [0.05, 0.1) is 25.7 Å². The summed E-state index contributed by atoms with van der Waals surface area (Å²) in [6.45, 7) is 2.19. The van der Waals surface area contributed by atoms with Gasteiger partial charge in [0.2, 0.25) is 5.36 Å². The normalized spacial score (nSPS) is 12.9. The Kier molecular flexibility index (Phi) is 8.18. The molecule has 1 heterocycles. The number of rotatable bonds is 5. The van der Waals surface area contributed by atoms with E-state index in [-0.39, 0.29) is 0 Å². The Morgan fingerprint density at radius 1 is 0.967 bits per heavy atom. The van der Waals surface area contributed by atoms with E-state index in [1.54, 1.807) is 21.1 Å². The van der Waals surface area contributed by atoms with Crippen molar-refractivity contribution in [1.82, 2.24) is 0 Å². The van der Waals surface area contributed by atoms with E-state index in [0.29, 0.717) is 6.54 Å². The van der Waals surface area contributed by atoms with E-state index in [2.05, 4.69) is 4.99 Å². The van der Waals surface area contributed by atoms with Crippen LogP contribution in [0.5, 0.6) is 11.5 Å². The molecule has 0 saturated heterocycles. The number of aliphatic hydroxyl groups is 1. The first-order valence-electron chi connectivity index (χ1n) is 8.73. The van der Waals surface area contributed by atoms with E-state index in [4.69, 9.17) is 32.5 Å². The second-order valence-electron chi connectivity index (χ2n) is 6.22. The second kappa shape index (κ2) is 10.4. The molecular weight excluding hydrogens is 418 g/mol. The van der Waals surface area contributed by atoms with Crippen molar-refractivity contribution in [3.8, 4) is 22.8 Å². The fourth-order valence-electron chi connectivity index (χ4n) is 2.59. The van der Waals surface area contributed by atoms with Crippen LogP contribution in [0.2, 0.25) is 0 Å². The summed E-state index contributed by atoms with van der Waals surface area (Å²) in [7, 11) is -1.67. The number of methoxy groups -OCH3 is 2. The molecule has 162 valence electrons. The van der Waals surface area contributed by atoms with Gasteiger partial charge in [0.25, 0.3) is 0 Å². The van der Waals surface area contributed by atoms with Gasteiger partial charge < -0.3 is 19.0 Å². The van der Waals surface area contributed by atoms with Crippen LogP contribution >= 0.6 is 0 Å². The number of hydrogen-bond acceptors (Lipinski definition) is 8. The fraction of sp³-hybridized carbons (Fsp3) is 0.250. The minimum atomic E-state index is -4.94. The lowest BCUT2D eigenvalue weighted by atomic mass is 10.1. The van der Waals surface area contributed by atoms with Gasteiger partial charge in [-0.05, 0) is 49.4 Å². The summed E-state index contributed by atoms with van der Waals surface area (Å²) in [6, 6.07) is 15.3. The van der Waals surface area contributed by atoms with Gasteiger partial charge in [-0.1, -0.05) is 0 Å². The zero-order valence-electron chi connectivity index (χ0n) is 16.6. The first-order valence-corrected chi connectivity index (χ1v) is 9.97. The third-order valence-electron chi connectivity index (χ3n) is 3.93. The predicted molar refractivity (Wildman–Crippen MR) is 95.4 cm³/mol. The van der Waals surface area contributed by atoms with Gasteiger partial charge >= 0.3 is 0 Å². The zero-order chi connectivity index (χ0) is 22.3. The van der Waals surface area contributed by atoms with Crippen molar-refractivity contribution in [2.45, 2.75) is 13.0 Å². The van der Waals surface area contributed by atoms with Gasteiger partial charge in [-0.2, -0.15) is 0 Å². The Morgan fingerprint density at radius 2 is 1.53 bits per heavy atom. The smallest absolute Gasteiger partial charge is 0.213 e. The highest BCUT2D eigenvalue weighted by atomic mass is 35.7. The van der Waals surface area contributed by atoms with Crippen LogP contribution in [0, 0.1) is 10.2 Å². The Hall–Kier alpha value is -2.66. The Labute approximate surface area is 174 Å². The van der Waals surface area contributed by atoms with Gasteiger partial charge in [-0.3, -0.25) is 0 Å². The van der Waals surface area contributed by atoms with E-state index in [0.717, 1.165) is 39.1 Å². The van der Waals surface area contributed by atoms with Crippen molar-refractivity contribution in [3.05, 3.63) is 53.9 Å². The van der Waals surface area contributed by atoms with Gasteiger partial charge in [-0.25, -0.2) is 23.6 Å². The molecule has 0 saturated carbocycles. The van der Waals surface area contributed by atoms with Crippen molar-refractivity contribution in [2.24, 2.45) is 0 Å². The number of nitrogens with one attached hydrogen (secondary N) is 1. The summed E-state index contributed by atoms with van der Waals surface area (Å²) >= 11 is 0. The molecule has 10 heteroatoms. The number of fused-ring (bicyclic) bond motifs is 1. The standard InChI is InChI=1S/C20H21NO4.ClHO4/c1-13(22)12-21-18-11-20(14-4-6-15(23-2)7-5-14)25-19-9-8-16(24-3)10-17(18)19;2-1(3,4)5/h4-11,13,22H,12H2,1-3H3;(H,2,3,4,5). The predicted octanol–water partition coefficient (Wildman–Crippen LogP) is -3.28. The largest absolute Gasteiger partial charge is 0.497 e. The third kappa shape index (κ3) is 7.30. The van der Waals surface area contributed by atoms with Crippen molar-refractivity contribution in [3.63, 3.8) is 0 Å². The van der Waals surface area contributed by atoms with Crippen LogP contribution in [0.4, 0.5) is 0 Å². The molecule has 0 bridgehead atoms. The average molecular weight is 440 g/mol. The van der Waals surface area contributed by atoms with Crippen LogP contribution in [0.25, 0.3) is 22.3 Å². The van der Waals surface area contributed by atoms with Crippen molar-refractivity contribution in [2.75, 3.05) is 20.8 Å². The molecule has 0 aliphatic rings. The Bertz CT molecular complexity index is 1020. The van der Waals surface area contributed by atoms with E-state index < -0.39 is 16.3 Å². The highest BCUT2D eigenvalue weighted by molar-refractivity contribution is 5.79. The van der Waals surface area contributed by atoms with Crippen molar-refractivity contribution < 1.29 is 52.9 Å². The molecular formula is C20H22ClNO8. The van der Waals surface area contributed by atoms with Crippen LogP contribution in [0.3, 0.4) is 0 Å². The highest BCUT2D eigenvalue weighted by Crippen LogP contribution is 2.25. The van der Waals surface area contributed by atoms with Crippen LogP contribution in [-0.4, -0.2) is 32.0 Å². The summed E-state index contributed by atoms with van der Waals surface area (Å²) in [4.78, 5) is 3.28. The molecule has 0 fully saturated rings. The van der Waals surface area contributed by atoms with Gasteiger partial charge in [-0.15, -0.1) is 10.2 Å². The molecule has 3 rings (SSSR count). The molecule has 0 radical (unpaired) electrons. The first kappa shape index (κ1) is 23.6. The number of aliphatic hydroxyl groups excluding tert-OH is 1. The van der Waals surface area contributed by atoms with E-state index >= 15 is 0 Å². The lowest BCUT2D eigenvalue weighted by Crippen LogP contribution is -2.78. The van der Waals surface area contributed by atoms with E-state index in [9.17, 15) is 5.11 Å². The second-order valence-corrected chi connectivity index (χ2v) is 6.98. The lowest BCUT2D eigenvalue weighted by Gasteiger charge is -2.17. The summed E-state index contributed by atoms with van der Waals surface area (Å²) < 4.78 is 50.6. The summed E-state index contributed by atoms with van der Waals surface area (Å²) in [5.74, 6) is 2.27. The molecule has 2 N–H and O–H groups in total. The lowest BCUT2D eigenvalue weighted by molar-refractivity contribution is -2.00. The SMILES string of the molecule is COc1ccc(-c2cc(=[NH+]CC(C)O)c3cc(OC)ccc3o2)cc1.[O-][Cl+3]([O-])([O-])[O-]. The van der Waals surface area contributed by atoms with Crippen molar-refractivity contribution in [1.29, 1.82) is 0 Å². The molecule has 1 atom stereocenters. The highest BCUT2D eigenvalue weighted by Gasteiger charge is 2.11. The van der Waals surface area contributed by atoms with Crippen LogP contribution in [0.15, 0.2) is 52.9 Å². The van der Waals surface area contributed by atoms with Crippen molar-refractivity contribution >= 4 is 11.0 Å². The fourth-order valence-corrected chi connectivity index (χ4v) is 2.59. The molecule has 2 aromatic carbocycles. The summed E-state index contributed by atoms with van der Waals surface area (Å²) in [6.07, 6.45) is -0.456. The quantitative estimate of drug-likeness (QED) is 0.419. The molecule has 0 aliphatic carbocycles. The minimum Gasteiger partial charge on any atom is -0.497 e. The number of ether oxygens (including phenoxy) is 2. The number of benzene rings is 2. The van der Waals surface area contributed by atoms with Crippen LogP contribution in [0.1, 0.15) is 6.92 Å². The van der Waals surface area contributed by atoms with Crippen LogP contribution < -0.4 is 38.5 Å². The molecule has 0 spiro atoms. The maximum atomic E-state index is 9.61. The molecule has 3 aromatic rings. The van der Waals surface area contributed by atoms with Gasteiger partial charge in [0, 0.05) is 5.56 Å². The minimum absolute atomic E-state index is 0.443. The van der Waals surface area contributed by atoms with Gasteiger partial charge in [0.1, 0.15) is 28.9 Å². The molecule has 0 amide bonds. The van der Waals surface area contributed by atoms with Gasteiger partial charge in [0.15, 0.2) is 6.54 Å². The Morgan fingerprint density at radius 3 is 2.07 bits per heavy atom. The monoisotopic (exact) mass is 439 g/mol. The topological polar surface area (TPSA) is 158 Å². The summed E-state index contributed by atoms with van der Waals surface area (Å²) in [5, 5.41) is 11.4. The number of hydrogen-bond donors (Lipinski definition) is 2. The zero-order valence-corrected chi connectivity index (χ0v) is 17.3. The average Bonchev–Trinajstić information content (AvgIpc) is 2.70. The summed E-state index contributed by atoms with van der Waals surface area (Å²) in [5.41, 5.74) is 1.68. The van der Waals surface area contributed by atoms with Crippen LogP contribution in [-0.2, 0) is 0 Å². The van der Waals surface area contributed by atoms with E-state index in [1.807, 2.05) is 48.5 Å². The Balaban J connectivity index is 0.000000575. The molecule has 30 heavy (non-hydrogen) atoms.